The van der Waals surface area contributed by atoms with Crippen LogP contribution in [0.25, 0.3) is 0 Å². The number of unbranched alkanes of at least 4 members (excludes halogenated alkanes) is 1. The van der Waals surface area contributed by atoms with Crippen molar-refractivity contribution in [2.75, 3.05) is 5.32 Å². The number of carbonyl (C=O) groups excluding carboxylic acids is 1. The van der Waals surface area contributed by atoms with Crippen LogP contribution in [-0.2, 0) is 4.79 Å². The first-order chi connectivity index (χ1) is 8.17. The van der Waals surface area contributed by atoms with Crippen molar-refractivity contribution in [3.05, 3.63) is 21.9 Å². The normalized spacial score (nSPS) is 12.2. The molecule has 1 N–H and O–H groups in total. The van der Waals surface area contributed by atoms with Gasteiger partial charge in [-0.3, -0.25) is 4.79 Å². The molecule has 1 unspecified atom stereocenters. The summed E-state index contributed by atoms with van der Waals surface area (Å²) >= 11 is 2.19. The highest BCUT2D eigenvalue weighted by Crippen LogP contribution is 2.15. The zero-order chi connectivity index (χ0) is 12.7. The highest BCUT2D eigenvalue weighted by atomic mass is 127. The third kappa shape index (κ3) is 5.02. The predicted octanol–water partition coefficient (Wildman–Crippen LogP) is 3.84. The number of amides is 1. The van der Waals surface area contributed by atoms with E-state index in [1.54, 1.807) is 6.20 Å². The Morgan fingerprint density at radius 1 is 1.47 bits per heavy atom. The largest absolute Gasteiger partial charge is 0.310 e. The third-order valence-electron chi connectivity index (χ3n) is 2.75. The molecule has 0 aliphatic heterocycles. The second kappa shape index (κ2) is 7.63. The molecule has 3 nitrogen and oxygen atoms in total. The fourth-order valence-corrected chi connectivity index (χ4v) is 1.97. The molecule has 0 bridgehead atoms. The van der Waals surface area contributed by atoms with Gasteiger partial charge in [-0.2, -0.15) is 0 Å². The van der Waals surface area contributed by atoms with E-state index in [0.717, 1.165) is 29.3 Å². The van der Waals surface area contributed by atoms with Gasteiger partial charge in [-0.25, -0.2) is 4.98 Å². The molecular weight excluding hydrogens is 327 g/mol. The Kier molecular flexibility index (Phi) is 6.47. The van der Waals surface area contributed by atoms with Crippen molar-refractivity contribution in [3.63, 3.8) is 0 Å². The van der Waals surface area contributed by atoms with Crippen LogP contribution in [-0.4, -0.2) is 10.9 Å². The maximum absolute atomic E-state index is 12.0. The van der Waals surface area contributed by atoms with Gasteiger partial charge in [-0.15, -0.1) is 0 Å². The first kappa shape index (κ1) is 14.4. The summed E-state index contributed by atoms with van der Waals surface area (Å²) in [5.41, 5.74) is 0. The van der Waals surface area contributed by atoms with Gasteiger partial charge in [0.1, 0.15) is 5.82 Å². The Bertz CT molecular complexity index is 351. The van der Waals surface area contributed by atoms with Crippen LogP contribution in [0.15, 0.2) is 18.3 Å². The van der Waals surface area contributed by atoms with Crippen LogP contribution in [0.3, 0.4) is 0 Å². The Hall–Kier alpha value is -0.650. The molecular formula is C13H19IN2O. The lowest BCUT2D eigenvalue weighted by molar-refractivity contribution is -0.120. The van der Waals surface area contributed by atoms with E-state index in [1.807, 2.05) is 12.1 Å². The van der Waals surface area contributed by atoms with Crippen molar-refractivity contribution in [1.29, 1.82) is 0 Å². The van der Waals surface area contributed by atoms with E-state index in [1.165, 1.54) is 0 Å². The van der Waals surface area contributed by atoms with Crippen molar-refractivity contribution in [2.24, 2.45) is 5.92 Å². The SMILES string of the molecule is CCCCC(CC)C(=O)Nc1ccc(I)cn1. The molecule has 1 aromatic rings. The molecule has 0 aromatic carbocycles. The fourth-order valence-electron chi connectivity index (χ4n) is 1.65. The minimum Gasteiger partial charge on any atom is -0.310 e. The number of rotatable bonds is 6. The van der Waals surface area contributed by atoms with Gasteiger partial charge >= 0.3 is 0 Å². The molecule has 1 aromatic heterocycles. The Morgan fingerprint density at radius 2 is 2.24 bits per heavy atom. The second-order valence-electron chi connectivity index (χ2n) is 4.10. The van der Waals surface area contributed by atoms with E-state index in [4.69, 9.17) is 0 Å². The van der Waals surface area contributed by atoms with Gasteiger partial charge in [-0.05, 0) is 47.6 Å². The number of anilines is 1. The lowest BCUT2D eigenvalue weighted by atomic mass is 9.98. The third-order valence-corrected chi connectivity index (χ3v) is 3.39. The number of aromatic nitrogens is 1. The Morgan fingerprint density at radius 3 is 2.76 bits per heavy atom. The molecule has 0 aliphatic carbocycles. The van der Waals surface area contributed by atoms with Crippen molar-refractivity contribution in [1.82, 2.24) is 4.98 Å². The smallest absolute Gasteiger partial charge is 0.228 e. The van der Waals surface area contributed by atoms with Crippen LogP contribution in [0.5, 0.6) is 0 Å². The molecule has 1 atom stereocenters. The van der Waals surface area contributed by atoms with Crippen LogP contribution in [0.4, 0.5) is 5.82 Å². The Balaban J connectivity index is 2.54. The van der Waals surface area contributed by atoms with E-state index in [2.05, 4.69) is 46.7 Å². The standard InChI is InChI=1S/C13H19IN2O/c1-3-5-6-10(4-2)13(17)16-12-8-7-11(14)9-15-12/h7-10H,3-6H2,1-2H3,(H,15,16,17). The van der Waals surface area contributed by atoms with E-state index >= 15 is 0 Å². The summed E-state index contributed by atoms with van der Waals surface area (Å²) in [6, 6.07) is 3.78. The van der Waals surface area contributed by atoms with Gasteiger partial charge in [0.2, 0.25) is 5.91 Å². The monoisotopic (exact) mass is 346 g/mol. The number of halogens is 1. The second-order valence-corrected chi connectivity index (χ2v) is 5.34. The predicted molar refractivity (Wildman–Crippen MR) is 78.9 cm³/mol. The molecule has 0 saturated carbocycles. The first-order valence-electron chi connectivity index (χ1n) is 6.09. The number of hydrogen-bond acceptors (Lipinski definition) is 2. The molecule has 0 saturated heterocycles. The van der Waals surface area contributed by atoms with Crippen LogP contribution < -0.4 is 5.32 Å². The van der Waals surface area contributed by atoms with E-state index in [9.17, 15) is 4.79 Å². The average molecular weight is 346 g/mol. The number of hydrogen-bond donors (Lipinski definition) is 1. The van der Waals surface area contributed by atoms with E-state index < -0.39 is 0 Å². The molecule has 0 aliphatic rings. The maximum atomic E-state index is 12.0. The fraction of sp³-hybridized carbons (Fsp3) is 0.538. The lowest BCUT2D eigenvalue weighted by Gasteiger charge is -2.13. The molecule has 0 radical (unpaired) electrons. The summed E-state index contributed by atoms with van der Waals surface area (Å²) in [6.07, 6.45) is 5.83. The van der Waals surface area contributed by atoms with Crippen LogP contribution in [0.1, 0.15) is 39.5 Å². The first-order valence-corrected chi connectivity index (χ1v) is 7.17. The highest BCUT2D eigenvalue weighted by Gasteiger charge is 2.15. The topological polar surface area (TPSA) is 42.0 Å². The minimum atomic E-state index is 0.0923. The van der Waals surface area contributed by atoms with Gasteiger partial charge in [-0.1, -0.05) is 26.7 Å². The van der Waals surface area contributed by atoms with Crippen LogP contribution >= 0.6 is 22.6 Å². The van der Waals surface area contributed by atoms with Crippen molar-refractivity contribution < 1.29 is 4.79 Å². The summed E-state index contributed by atoms with van der Waals surface area (Å²) in [4.78, 5) is 16.2. The van der Waals surface area contributed by atoms with E-state index in [-0.39, 0.29) is 11.8 Å². The quantitative estimate of drug-likeness (QED) is 0.796. The van der Waals surface area contributed by atoms with E-state index in [0.29, 0.717) is 5.82 Å². The molecule has 4 heteroatoms. The molecule has 17 heavy (non-hydrogen) atoms. The van der Waals surface area contributed by atoms with Crippen molar-refractivity contribution >= 4 is 34.3 Å². The number of carbonyl (C=O) groups is 1. The molecule has 94 valence electrons. The average Bonchev–Trinajstić information content (AvgIpc) is 2.33. The molecule has 1 rings (SSSR count). The van der Waals surface area contributed by atoms with Gasteiger partial charge in [0.25, 0.3) is 0 Å². The summed E-state index contributed by atoms with van der Waals surface area (Å²) in [5, 5.41) is 2.88. The zero-order valence-corrected chi connectivity index (χ0v) is 12.5. The summed E-state index contributed by atoms with van der Waals surface area (Å²) in [7, 11) is 0. The molecule has 1 heterocycles. The van der Waals surface area contributed by atoms with Gasteiger partial charge in [0, 0.05) is 15.7 Å². The molecule has 1 amide bonds. The Labute approximate surface area is 117 Å². The van der Waals surface area contributed by atoms with Crippen molar-refractivity contribution in [2.45, 2.75) is 39.5 Å². The van der Waals surface area contributed by atoms with Gasteiger partial charge < -0.3 is 5.32 Å². The number of nitrogens with one attached hydrogen (secondary N) is 1. The summed E-state index contributed by atoms with van der Waals surface area (Å²) in [5.74, 6) is 0.844. The highest BCUT2D eigenvalue weighted by molar-refractivity contribution is 14.1. The number of pyridine rings is 1. The van der Waals surface area contributed by atoms with Crippen LogP contribution in [0, 0.1) is 9.49 Å². The van der Waals surface area contributed by atoms with Gasteiger partial charge in [0.15, 0.2) is 0 Å². The number of nitrogens with zero attached hydrogens (tertiary/aromatic N) is 1. The summed E-state index contributed by atoms with van der Waals surface area (Å²) in [6.45, 7) is 4.20. The minimum absolute atomic E-state index is 0.0923. The molecule has 0 spiro atoms. The van der Waals surface area contributed by atoms with Crippen LogP contribution in [0.2, 0.25) is 0 Å². The zero-order valence-electron chi connectivity index (χ0n) is 10.4. The maximum Gasteiger partial charge on any atom is 0.228 e. The molecule has 0 fully saturated rings. The van der Waals surface area contributed by atoms with Crippen molar-refractivity contribution in [3.8, 4) is 0 Å². The summed E-state index contributed by atoms with van der Waals surface area (Å²) < 4.78 is 1.07. The lowest BCUT2D eigenvalue weighted by Crippen LogP contribution is -2.22. The van der Waals surface area contributed by atoms with Gasteiger partial charge in [0.05, 0.1) is 0 Å².